The number of hydrogen-bond acceptors (Lipinski definition) is 12. The monoisotopic (exact) mass is 578 g/mol. The van der Waals surface area contributed by atoms with Crippen molar-refractivity contribution in [2.24, 2.45) is 5.92 Å². The van der Waals surface area contributed by atoms with Gasteiger partial charge >= 0.3 is 11.9 Å². The second-order valence-electron chi connectivity index (χ2n) is 8.64. The summed E-state index contributed by atoms with van der Waals surface area (Å²) in [5, 5.41) is 29.4. The summed E-state index contributed by atoms with van der Waals surface area (Å²) in [6.07, 6.45) is 4.05. The minimum absolute atomic E-state index is 0.0756. The molecule has 0 radical (unpaired) electrons. The number of thiazole rings is 3. The lowest BCUT2D eigenvalue weighted by molar-refractivity contribution is 0.0679. The van der Waals surface area contributed by atoms with Crippen molar-refractivity contribution >= 4 is 45.9 Å². The van der Waals surface area contributed by atoms with E-state index in [0.717, 1.165) is 22.0 Å². The van der Waals surface area contributed by atoms with E-state index in [1.54, 1.807) is 23.5 Å². The standard InChI is InChI=1S/C25H18N6O5S3/c1-10-5-6-26-17(10)23-29-15(8-39-23)22-28-14(7-37-22)19-12(20-31-18(25(34)35)11(2)36-20)3-4-13(27-19)21-30-16(9-38-21)24(32)33/h3-10,17,26H,1-2H3,(H,32,33)(H,34,35). The highest BCUT2D eigenvalue weighted by molar-refractivity contribution is 7.14. The van der Waals surface area contributed by atoms with E-state index in [2.05, 4.69) is 28.3 Å². The zero-order valence-electron chi connectivity index (χ0n) is 20.3. The number of aryl methyl sites for hydroxylation is 1. The number of nitrogens with one attached hydrogen (secondary N) is 1. The molecule has 0 spiro atoms. The van der Waals surface area contributed by atoms with Crippen LogP contribution in [0.3, 0.4) is 0 Å². The van der Waals surface area contributed by atoms with Crippen molar-refractivity contribution in [1.29, 1.82) is 0 Å². The van der Waals surface area contributed by atoms with E-state index >= 15 is 0 Å². The first-order valence-corrected chi connectivity index (χ1v) is 14.2. The first-order valence-electron chi connectivity index (χ1n) is 11.5. The van der Waals surface area contributed by atoms with Crippen LogP contribution in [0.1, 0.15) is 44.7 Å². The number of aromatic carboxylic acids is 2. The number of aromatic nitrogens is 5. The molecule has 2 atom stereocenters. The zero-order chi connectivity index (χ0) is 27.3. The number of oxazole rings is 1. The molecule has 0 amide bonds. The fourth-order valence-electron chi connectivity index (χ4n) is 4.04. The van der Waals surface area contributed by atoms with Gasteiger partial charge in [-0.15, -0.1) is 34.0 Å². The summed E-state index contributed by atoms with van der Waals surface area (Å²) in [7, 11) is 0. The van der Waals surface area contributed by atoms with Gasteiger partial charge in [0.15, 0.2) is 11.4 Å². The summed E-state index contributed by atoms with van der Waals surface area (Å²) in [6.45, 7) is 3.66. The number of carboxylic acids is 2. The Morgan fingerprint density at radius 3 is 2.36 bits per heavy atom. The van der Waals surface area contributed by atoms with Crippen molar-refractivity contribution in [1.82, 2.24) is 30.2 Å². The van der Waals surface area contributed by atoms with Gasteiger partial charge < -0.3 is 19.9 Å². The average molecular weight is 579 g/mol. The molecule has 0 aromatic carbocycles. The molecule has 0 saturated carbocycles. The predicted molar refractivity (Wildman–Crippen MR) is 146 cm³/mol. The lowest BCUT2D eigenvalue weighted by Gasteiger charge is -2.12. The molecule has 1 aliphatic heterocycles. The normalized spacial score (nSPS) is 16.5. The Labute approximate surface area is 232 Å². The first-order chi connectivity index (χ1) is 18.8. The summed E-state index contributed by atoms with van der Waals surface area (Å²) in [6, 6.07) is 3.47. The van der Waals surface area contributed by atoms with E-state index in [1.165, 1.54) is 23.6 Å². The van der Waals surface area contributed by atoms with Gasteiger partial charge in [-0.05, 0) is 25.3 Å². The van der Waals surface area contributed by atoms with Crippen molar-refractivity contribution < 1.29 is 24.2 Å². The maximum atomic E-state index is 11.6. The zero-order valence-corrected chi connectivity index (χ0v) is 22.7. The van der Waals surface area contributed by atoms with Crippen LogP contribution in [0.15, 0.2) is 45.0 Å². The average Bonchev–Trinajstić information content (AvgIpc) is 3.73. The highest BCUT2D eigenvalue weighted by Gasteiger charge is 2.26. The third kappa shape index (κ3) is 4.62. The van der Waals surface area contributed by atoms with Crippen molar-refractivity contribution in [3.05, 3.63) is 62.7 Å². The van der Waals surface area contributed by atoms with Crippen LogP contribution in [-0.4, -0.2) is 47.1 Å². The van der Waals surface area contributed by atoms with E-state index in [9.17, 15) is 19.8 Å². The summed E-state index contributed by atoms with van der Waals surface area (Å²) in [4.78, 5) is 45.6. The van der Waals surface area contributed by atoms with Crippen molar-refractivity contribution in [2.45, 2.75) is 19.9 Å². The molecule has 0 aliphatic carbocycles. The quantitative estimate of drug-likeness (QED) is 0.220. The van der Waals surface area contributed by atoms with Crippen LogP contribution in [0, 0.1) is 12.8 Å². The van der Waals surface area contributed by atoms with Gasteiger partial charge in [-0.1, -0.05) is 13.0 Å². The van der Waals surface area contributed by atoms with E-state index < -0.39 is 11.9 Å². The number of carboxylic acid groups (broad SMARTS) is 2. The van der Waals surface area contributed by atoms with E-state index in [-0.39, 0.29) is 29.1 Å². The van der Waals surface area contributed by atoms with E-state index in [4.69, 9.17) is 19.4 Å². The van der Waals surface area contributed by atoms with Crippen LogP contribution < -0.4 is 5.32 Å². The van der Waals surface area contributed by atoms with Crippen LogP contribution in [-0.2, 0) is 0 Å². The Bertz CT molecular complexity index is 1770. The largest absolute Gasteiger partial charge is 0.476 e. The third-order valence-corrected chi connectivity index (χ3v) is 8.68. The van der Waals surface area contributed by atoms with Crippen LogP contribution >= 0.6 is 34.0 Å². The van der Waals surface area contributed by atoms with E-state index in [0.29, 0.717) is 38.6 Å². The van der Waals surface area contributed by atoms with Gasteiger partial charge in [-0.2, -0.15) is 0 Å². The van der Waals surface area contributed by atoms with Crippen LogP contribution in [0.4, 0.5) is 0 Å². The molecule has 6 rings (SSSR count). The third-order valence-electron chi connectivity index (χ3n) is 6.02. The molecule has 5 aromatic rings. The number of rotatable bonds is 7. The van der Waals surface area contributed by atoms with Gasteiger partial charge in [0.25, 0.3) is 0 Å². The summed E-state index contributed by atoms with van der Waals surface area (Å²) >= 11 is 4.12. The Balaban J connectivity index is 1.42. The predicted octanol–water partition coefficient (Wildman–Crippen LogP) is 5.61. The minimum Gasteiger partial charge on any atom is -0.476 e. The van der Waals surface area contributed by atoms with Gasteiger partial charge in [0, 0.05) is 22.1 Å². The maximum Gasteiger partial charge on any atom is 0.358 e. The molecule has 11 nitrogen and oxygen atoms in total. The SMILES string of the molecule is Cc1oc(-c2ccc(-c3nc(C(=O)O)cs3)nc2-c2csc(-c3csc(C4NC=CC4C)n3)n2)nc1C(=O)O. The molecule has 14 heteroatoms. The molecule has 39 heavy (non-hydrogen) atoms. The summed E-state index contributed by atoms with van der Waals surface area (Å²) in [5.41, 5.74) is 2.26. The number of nitrogens with zero attached hydrogens (tertiary/aromatic N) is 5. The molecule has 5 aromatic heterocycles. The highest BCUT2D eigenvalue weighted by Crippen LogP contribution is 2.38. The van der Waals surface area contributed by atoms with Crippen LogP contribution in [0.2, 0.25) is 0 Å². The molecule has 3 N–H and O–H groups in total. The molecule has 2 unspecified atom stereocenters. The maximum absolute atomic E-state index is 11.6. The Morgan fingerprint density at radius 2 is 1.67 bits per heavy atom. The van der Waals surface area contributed by atoms with E-state index in [1.807, 2.05) is 17.0 Å². The van der Waals surface area contributed by atoms with Crippen molar-refractivity contribution in [2.75, 3.05) is 0 Å². The van der Waals surface area contributed by atoms with Gasteiger partial charge in [-0.25, -0.2) is 34.5 Å². The lowest BCUT2D eigenvalue weighted by Crippen LogP contribution is -2.15. The lowest BCUT2D eigenvalue weighted by atomic mass is 10.1. The molecule has 1 aliphatic rings. The molecular weight excluding hydrogens is 561 g/mol. The molecule has 0 fully saturated rings. The first kappa shape index (κ1) is 25.0. The summed E-state index contributed by atoms with van der Waals surface area (Å²) < 4.78 is 5.70. The van der Waals surface area contributed by atoms with Crippen LogP contribution in [0.5, 0.6) is 0 Å². The molecule has 6 heterocycles. The molecule has 196 valence electrons. The second-order valence-corrected chi connectivity index (χ2v) is 11.2. The summed E-state index contributed by atoms with van der Waals surface area (Å²) in [5.74, 6) is -1.75. The van der Waals surface area contributed by atoms with Gasteiger partial charge in [0.2, 0.25) is 5.89 Å². The molecule has 0 saturated heterocycles. The fourth-order valence-corrected chi connectivity index (χ4v) is 6.62. The fraction of sp³-hybridized carbons (Fsp3) is 0.160. The van der Waals surface area contributed by atoms with Crippen LogP contribution in [0.25, 0.3) is 44.2 Å². The Kier molecular flexibility index (Phi) is 6.29. The highest BCUT2D eigenvalue weighted by atomic mass is 32.1. The van der Waals surface area contributed by atoms with Crippen molar-refractivity contribution in [3.8, 4) is 44.2 Å². The Hall–Kier alpha value is -4.27. The van der Waals surface area contributed by atoms with Gasteiger partial charge in [0.05, 0.1) is 17.3 Å². The molecule has 0 bridgehead atoms. The van der Waals surface area contributed by atoms with Gasteiger partial charge in [-0.3, -0.25) is 0 Å². The topological polar surface area (TPSA) is 164 Å². The minimum atomic E-state index is -1.20. The number of hydrogen-bond donors (Lipinski definition) is 3. The Morgan fingerprint density at radius 1 is 0.897 bits per heavy atom. The van der Waals surface area contributed by atoms with Gasteiger partial charge in [0.1, 0.15) is 37.9 Å². The number of carbonyl (C=O) groups is 2. The van der Waals surface area contributed by atoms with Crippen molar-refractivity contribution in [3.63, 3.8) is 0 Å². The second kappa shape index (κ2) is 9.80. The number of pyridine rings is 1. The smallest absolute Gasteiger partial charge is 0.358 e. The molecular formula is C25H18N6O5S3.